The van der Waals surface area contributed by atoms with Gasteiger partial charge in [0.25, 0.3) is 0 Å². The van der Waals surface area contributed by atoms with Crippen molar-refractivity contribution in [2.24, 2.45) is 0 Å². The lowest BCUT2D eigenvalue weighted by Crippen LogP contribution is -2.05. The molecule has 0 bridgehead atoms. The molecule has 0 aliphatic rings. The third kappa shape index (κ3) is 3.31. The molecule has 0 amide bonds. The molecule has 3 heterocycles. The lowest BCUT2D eigenvalue weighted by atomic mass is 10.4. The van der Waals surface area contributed by atoms with Crippen LogP contribution in [0.3, 0.4) is 0 Å². The number of thioether (sulfide) groups is 1. The van der Waals surface area contributed by atoms with Gasteiger partial charge in [-0.25, -0.2) is 4.98 Å². The smallest absolute Gasteiger partial charge is 0.313 e. The third-order valence-electron chi connectivity index (χ3n) is 2.56. The summed E-state index contributed by atoms with van der Waals surface area (Å²) in [6.07, 6.45) is 1.75. The van der Waals surface area contributed by atoms with E-state index in [1.807, 2.05) is 27.5 Å². The van der Waals surface area contributed by atoms with E-state index < -0.39 is 5.97 Å². The van der Waals surface area contributed by atoms with Crippen molar-refractivity contribution in [1.82, 2.24) is 19.7 Å². The van der Waals surface area contributed by atoms with Gasteiger partial charge in [-0.2, -0.15) is 0 Å². The van der Waals surface area contributed by atoms with Gasteiger partial charge in [-0.1, -0.05) is 17.8 Å². The first-order valence-electron chi connectivity index (χ1n) is 5.94. The first kappa shape index (κ1) is 14.2. The van der Waals surface area contributed by atoms with Gasteiger partial charge in [-0.3, -0.25) is 9.36 Å². The van der Waals surface area contributed by atoms with Crippen LogP contribution in [0, 0.1) is 0 Å². The Labute approximate surface area is 132 Å². The normalized spacial score (nSPS) is 10.9. The van der Waals surface area contributed by atoms with Crippen molar-refractivity contribution in [2.75, 3.05) is 5.75 Å². The zero-order valence-electron chi connectivity index (χ0n) is 10.7. The minimum Gasteiger partial charge on any atom is -0.481 e. The van der Waals surface area contributed by atoms with Crippen molar-refractivity contribution in [3.05, 3.63) is 34.1 Å². The van der Waals surface area contributed by atoms with Crippen LogP contribution in [0.15, 0.2) is 34.2 Å². The summed E-state index contributed by atoms with van der Waals surface area (Å²) < 4.78 is 1.91. The molecule has 0 aromatic carbocycles. The summed E-state index contributed by atoms with van der Waals surface area (Å²) in [7, 11) is 0. The molecule has 0 spiro atoms. The van der Waals surface area contributed by atoms with Gasteiger partial charge in [-0.05, 0) is 11.4 Å². The minimum atomic E-state index is -0.874. The number of aliphatic carboxylic acids is 1. The van der Waals surface area contributed by atoms with Crippen molar-refractivity contribution in [1.29, 1.82) is 0 Å². The van der Waals surface area contributed by atoms with Crippen LogP contribution in [0.25, 0.3) is 10.7 Å². The van der Waals surface area contributed by atoms with Crippen LogP contribution in [0.1, 0.15) is 5.01 Å². The fourth-order valence-electron chi connectivity index (χ4n) is 1.72. The average molecular weight is 338 g/mol. The molecule has 108 valence electrons. The molecule has 3 aromatic rings. The van der Waals surface area contributed by atoms with Crippen molar-refractivity contribution in [3.63, 3.8) is 0 Å². The number of carboxylic acid groups (broad SMARTS) is 1. The van der Waals surface area contributed by atoms with Gasteiger partial charge in [0.05, 0.1) is 17.2 Å². The van der Waals surface area contributed by atoms with E-state index in [2.05, 4.69) is 15.2 Å². The summed E-state index contributed by atoms with van der Waals surface area (Å²) in [5, 5.41) is 22.6. The number of rotatable bonds is 6. The van der Waals surface area contributed by atoms with Crippen molar-refractivity contribution >= 4 is 40.4 Å². The number of hydrogen-bond acceptors (Lipinski definition) is 7. The Morgan fingerprint density at radius 2 is 2.24 bits per heavy atom. The number of hydrogen-bond donors (Lipinski definition) is 1. The van der Waals surface area contributed by atoms with Crippen LogP contribution in [-0.4, -0.2) is 36.6 Å². The van der Waals surface area contributed by atoms with Gasteiger partial charge < -0.3 is 5.11 Å². The molecule has 0 saturated heterocycles. The molecule has 0 saturated carbocycles. The Bertz CT molecular complexity index is 722. The number of nitrogens with zero attached hydrogens (tertiary/aromatic N) is 4. The van der Waals surface area contributed by atoms with E-state index in [1.54, 1.807) is 28.9 Å². The molecule has 21 heavy (non-hydrogen) atoms. The highest BCUT2D eigenvalue weighted by Gasteiger charge is 2.17. The molecule has 0 fully saturated rings. The highest BCUT2D eigenvalue weighted by molar-refractivity contribution is 7.99. The zero-order valence-corrected chi connectivity index (χ0v) is 13.1. The van der Waals surface area contributed by atoms with Gasteiger partial charge in [0.1, 0.15) is 5.01 Å². The molecule has 0 aliphatic carbocycles. The highest BCUT2D eigenvalue weighted by atomic mass is 32.2. The topological polar surface area (TPSA) is 80.9 Å². The largest absolute Gasteiger partial charge is 0.481 e. The van der Waals surface area contributed by atoms with Crippen LogP contribution in [0.5, 0.6) is 0 Å². The van der Waals surface area contributed by atoms with Gasteiger partial charge in [0.15, 0.2) is 11.0 Å². The second-order valence-corrected chi connectivity index (χ2v) is 6.85. The molecular formula is C12H10N4O2S3. The molecule has 3 aromatic heterocycles. The van der Waals surface area contributed by atoms with Crippen molar-refractivity contribution in [2.45, 2.75) is 11.7 Å². The molecular weight excluding hydrogens is 328 g/mol. The summed E-state index contributed by atoms with van der Waals surface area (Å²) in [5.74, 6) is -0.171. The van der Waals surface area contributed by atoms with E-state index in [0.717, 1.165) is 15.7 Å². The second-order valence-electron chi connectivity index (χ2n) is 3.98. The predicted molar refractivity (Wildman–Crippen MR) is 82.9 cm³/mol. The monoisotopic (exact) mass is 338 g/mol. The van der Waals surface area contributed by atoms with E-state index in [9.17, 15) is 4.79 Å². The number of thiophene rings is 1. The summed E-state index contributed by atoms with van der Waals surface area (Å²) in [5.41, 5.74) is 0. The fraction of sp³-hybridized carbons (Fsp3) is 0.167. The maximum Gasteiger partial charge on any atom is 0.313 e. The fourth-order valence-corrected chi connectivity index (χ4v) is 3.70. The van der Waals surface area contributed by atoms with Gasteiger partial charge >= 0.3 is 5.97 Å². The van der Waals surface area contributed by atoms with Crippen LogP contribution in [0.2, 0.25) is 0 Å². The van der Waals surface area contributed by atoms with Gasteiger partial charge in [0.2, 0.25) is 0 Å². The van der Waals surface area contributed by atoms with Gasteiger partial charge in [-0.15, -0.1) is 32.9 Å². The predicted octanol–water partition coefficient (Wildman–Crippen LogP) is 2.69. The average Bonchev–Trinajstić information content (AvgIpc) is 3.18. The van der Waals surface area contributed by atoms with Crippen molar-refractivity contribution < 1.29 is 9.90 Å². The Hall–Kier alpha value is -1.71. The lowest BCUT2D eigenvalue weighted by Gasteiger charge is -2.06. The highest BCUT2D eigenvalue weighted by Crippen LogP contribution is 2.28. The summed E-state index contributed by atoms with van der Waals surface area (Å²) in [6, 6.07) is 3.92. The van der Waals surface area contributed by atoms with E-state index in [1.165, 1.54) is 11.8 Å². The number of carboxylic acids is 1. The Morgan fingerprint density at radius 3 is 2.90 bits per heavy atom. The first-order valence-corrected chi connectivity index (χ1v) is 8.68. The number of thiazole rings is 1. The maximum absolute atomic E-state index is 10.7. The van der Waals surface area contributed by atoms with Crippen molar-refractivity contribution in [3.8, 4) is 10.7 Å². The molecule has 0 atom stereocenters. The van der Waals surface area contributed by atoms with E-state index in [-0.39, 0.29) is 5.75 Å². The van der Waals surface area contributed by atoms with Crippen LogP contribution >= 0.6 is 34.4 Å². The zero-order chi connectivity index (χ0) is 14.7. The maximum atomic E-state index is 10.7. The van der Waals surface area contributed by atoms with Crippen LogP contribution < -0.4 is 0 Å². The van der Waals surface area contributed by atoms with E-state index in [4.69, 9.17) is 5.11 Å². The SMILES string of the molecule is O=C(O)CSc1nnc(-c2cccs2)n1Cc1nccs1. The molecule has 1 N–H and O–H groups in total. The number of carbonyl (C=O) groups is 1. The van der Waals surface area contributed by atoms with Gasteiger partial charge in [0, 0.05) is 11.6 Å². The summed E-state index contributed by atoms with van der Waals surface area (Å²) in [6.45, 7) is 0.542. The molecule has 0 aliphatic heterocycles. The minimum absolute atomic E-state index is 0.0412. The van der Waals surface area contributed by atoms with Crippen LogP contribution in [-0.2, 0) is 11.3 Å². The summed E-state index contributed by atoms with van der Waals surface area (Å²) >= 11 is 4.29. The Morgan fingerprint density at radius 1 is 1.33 bits per heavy atom. The second kappa shape index (κ2) is 6.37. The third-order valence-corrected chi connectivity index (χ3v) is 5.14. The molecule has 3 rings (SSSR count). The first-order chi connectivity index (χ1) is 10.2. The van der Waals surface area contributed by atoms with E-state index >= 15 is 0 Å². The molecule has 9 heteroatoms. The lowest BCUT2D eigenvalue weighted by molar-refractivity contribution is -0.133. The number of aromatic nitrogens is 4. The summed E-state index contributed by atoms with van der Waals surface area (Å²) in [4.78, 5) is 16.0. The molecule has 0 unspecified atom stereocenters. The molecule has 6 nitrogen and oxygen atoms in total. The molecule has 0 radical (unpaired) electrons. The van der Waals surface area contributed by atoms with Crippen LogP contribution in [0.4, 0.5) is 0 Å². The standard InChI is InChI=1S/C12H10N4O2S3/c17-10(18)7-21-12-15-14-11(8-2-1-4-19-8)16(12)6-9-13-3-5-20-9/h1-5H,6-7H2,(H,17,18). The Balaban J connectivity index is 1.94. The van der Waals surface area contributed by atoms with E-state index in [0.29, 0.717) is 11.7 Å². The quantitative estimate of drug-likeness (QED) is 0.696. The Kier molecular flexibility index (Phi) is 4.32.